The summed E-state index contributed by atoms with van der Waals surface area (Å²) < 4.78 is 2.05. The fraction of sp³-hybridized carbons (Fsp3) is 0.200. The smallest absolute Gasteiger partial charge is 0.267 e. The predicted molar refractivity (Wildman–Crippen MR) is 157 cm³/mol. The first kappa shape index (κ1) is 24.6. The van der Waals surface area contributed by atoms with Crippen molar-refractivity contribution in [2.75, 3.05) is 11.4 Å². The van der Waals surface area contributed by atoms with E-state index < -0.39 is 0 Å². The molecule has 190 valence electrons. The second-order valence-electron chi connectivity index (χ2n) is 9.62. The predicted octanol–water partition coefficient (Wildman–Crippen LogP) is 5.53. The summed E-state index contributed by atoms with van der Waals surface area (Å²) in [5, 5.41) is 0. The lowest BCUT2D eigenvalue weighted by Crippen LogP contribution is -2.34. The van der Waals surface area contributed by atoms with Crippen molar-refractivity contribution in [1.29, 1.82) is 0 Å². The van der Waals surface area contributed by atoms with Gasteiger partial charge in [-0.25, -0.2) is 4.98 Å². The van der Waals surface area contributed by atoms with Crippen LogP contribution in [-0.4, -0.2) is 31.1 Å². The number of amides is 1. The third kappa shape index (κ3) is 4.23. The number of pyridine rings is 1. The molecule has 1 atom stereocenters. The van der Waals surface area contributed by atoms with Gasteiger partial charge in [0.05, 0.1) is 16.5 Å². The SMILES string of the molecule is Cc1cccn2c(=O)c(C=C3SC(=S)N(C(C)c4ccccc4)C3=O)c(N3CCc4ccccc4C3)nc12. The highest BCUT2D eigenvalue weighted by Gasteiger charge is 2.36. The molecule has 2 aromatic carbocycles. The van der Waals surface area contributed by atoms with Crippen LogP contribution in [0.5, 0.6) is 0 Å². The number of benzene rings is 2. The number of hydrogen-bond donors (Lipinski definition) is 0. The Morgan fingerprint density at radius 1 is 1.00 bits per heavy atom. The number of aryl methyl sites for hydroxylation is 1. The number of nitrogens with zero attached hydrogens (tertiary/aromatic N) is 4. The minimum atomic E-state index is -0.217. The molecule has 0 bridgehead atoms. The van der Waals surface area contributed by atoms with Crippen LogP contribution in [0.1, 0.15) is 40.8 Å². The van der Waals surface area contributed by atoms with Crippen LogP contribution in [0.3, 0.4) is 0 Å². The van der Waals surface area contributed by atoms with Crippen molar-refractivity contribution in [3.05, 3.63) is 116 Å². The minimum Gasteiger partial charge on any atom is -0.351 e. The second kappa shape index (κ2) is 9.85. The molecule has 1 saturated heterocycles. The zero-order valence-corrected chi connectivity index (χ0v) is 22.8. The summed E-state index contributed by atoms with van der Waals surface area (Å²) in [6.45, 7) is 5.30. The van der Waals surface area contributed by atoms with Crippen LogP contribution in [0.25, 0.3) is 11.7 Å². The first-order valence-corrected chi connectivity index (χ1v) is 13.8. The molecule has 1 amide bonds. The zero-order chi connectivity index (χ0) is 26.4. The largest absolute Gasteiger partial charge is 0.351 e. The van der Waals surface area contributed by atoms with Gasteiger partial charge in [-0.05, 0) is 54.7 Å². The van der Waals surface area contributed by atoms with Crippen LogP contribution < -0.4 is 10.5 Å². The maximum atomic E-state index is 13.9. The van der Waals surface area contributed by atoms with Gasteiger partial charge in [-0.3, -0.25) is 18.9 Å². The molecule has 0 aliphatic carbocycles. The van der Waals surface area contributed by atoms with Gasteiger partial charge in [0, 0.05) is 19.3 Å². The molecule has 1 unspecified atom stereocenters. The Morgan fingerprint density at radius 2 is 1.74 bits per heavy atom. The van der Waals surface area contributed by atoms with Crippen molar-refractivity contribution in [3.8, 4) is 0 Å². The van der Waals surface area contributed by atoms with E-state index >= 15 is 0 Å². The molecule has 0 N–H and O–H groups in total. The maximum absolute atomic E-state index is 13.9. The van der Waals surface area contributed by atoms with E-state index in [2.05, 4.69) is 23.1 Å². The molecule has 6 nitrogen and oxygen atoms in total. The van der Waals surface area contributed by atoms with Crippen molar-refractivity contribution >= 4 is 51.7 Å². The van der Waals surface area contributed by atoms with E-state index in [1.807, 2.05) is 62.4 Å². The second-order valence-corrected chi connectivity index (χ2v) is 11.3. The van der Waals surface area contributed by atoms with Crippen LogP contribution in [0.4, 0.5) is 5.82 Å². The Bertz CT molecular complexity index is 1680. The van der Waals surface area contributed by atoms with Crippen molar-refractivity contribution in [1.82, 2.24) is 14.3 Å². The fourth-order valence-corrected chi connectivity index (χ4v) is 6.57. The van der Waals surface area contributed by atoms with Gasteiger partial charge in [0.2, 0.25) is 0 Å². The van der Waals surface area contributed by atoms with Gasteiger partial charge in [-0.2, -0.15) is 0 Å². The van der Waals surface area contributed by atoms with E-state index in [1.165, 1.54) is 22.9 Å². The molecular formula is C30H26N4O2S2. The Labute approximate surface area is 230 Å². The minimum absolute atomic E-state index is 0.194. The third-order valence-corrected chi connectivity index (χ3v) is 8.59. The number of thiocarbonyl (C=S) groups is 1. The molecule has 8 heteroatoms. The summed E-state index contributed by atoms with van der Waals surface area (Å²) in [6, 6.07) is 21.8. The zero-order valence-electron chi connectivity index (χ0n) is 21.1. The van der Waals surface area contributed by atoms with Gasteiger partial charge in [0.25, 0.3) is 11.5 Å². The molecule has 0 spiro atoms. The molecule has 4 heterocycles. The average molecular weight is 539 g/mol. The van der Waals surface area contributed by atoms with Crippen molar-refractivity contribution in [3.63, 3.8) is 0 Å². The Morgan fingerprint density at radius 3 is 2.53 bits per heavy atom. The lowest BCUT2D eigenvalue weighted by molar-refractivity contribution is -0.123. The molecule has 2 aliphatic heterocycles. The highest BCUT2D eigenvalue weighted by Crippen LogP contribution is 2.38. The van der Waals surface area contributed by atoms with Crippen LogP contribution in [0.2, 0.25) is 0 Å². The normalized spacial score (nSPS) is 17.4. The van der Waals surface area contributed by atoms with Crippen molar-refractivity contribution in [2.24, 2.45) is 0 Å². The van der Waals surface area contributed by atoms with Gasteiger partial charge in [0.15, 0.2) is 0 Å². The van der Waals surface area contributed by atoms with Crippen LogP contribution in [0.15, 0.2) is 82.6 Å². The Kier molecular flexibility index (Phi) is 6.37. The Hall–Kier alpha value is -3.75. The average Bonchev–Trinajstić information content (AvgIpc) is 3.22. The number of aromatic nitrogens is 2. The highest BCUT2D eigenvalue weighted by molar-refractivity contribution is 8.26. The van der Waals surface area contributed by atoms with Gasteiger partial charge in [-0.15, -0.1) is 0 Å². The lowest BCUT2D eigenvalue weighted by atomic mass is 9.99. The summed E-state index contributed by atoms with van der Waals surface area (Å²) in [5.74, 6) is 0.403. The van der Waals surface area contributed by atoms with E-state index in [0.29, 0.717) is 32.8 Å². The molecule has 1 fully saturated rings. The van der Waals surface area contributed by atoms with Crippen LogP contribution in [-0.2, 0) is 17.8 Å². The highest BCUT2D eigenvalue weighted by atomic mass is 32.2. The molecule has 38 heavy (non-hydrogen) atoms. The summed E-state index contributed by atoms with van der Waals surface area (Å²) in [4.78, 5) is 36.7. The number of hydrogen-bond acceptors (Lipinski definition) is 6. The first-order chi connectivity index (χ1) is 18.4. The number of rotatable bonds is 4. The standard InChI is InChI=1S/C30H26N4O2S2/c1-19-9-8-15-33-26(19)31-27(32-16-14-22-12-6-7-13-23(22)18-32)24(28(33)35)17-25-29(36)34(30(37)38-25)20(2)21-10-4-3-5-11-21/h3-13,15,17,20H,14,16,18H2,1-2H3. The van der Waals surface area contributed by atoms with Crippen molar-refractivity contribution < 1.29 is 4.79 Å². The number of thioether (sulfide) groups is 1. The molecule has 6 rings (SSSR count). The van der Waals surface area contributed by atoms with Gasteiger partial charge < -0.3 is 4.90 Å². The molecule has 0 radical (unpaired) electrons. The number of carbonyl (C=O) groups excluding carboxylic acids is 1. The quantitative estimate of drug-likeness (QED) is 0.252. The monoisotopic (exact) mass is 538 g/mol. The summed E-state index contributed by atoms with van der Waals surface area (Å²) >= 11 is 6.87. The van der Waals surface area contributed by atoms with E-state index in [4.69, 9.17) is 17.2 Å². The van der Waals surface area contributed by atoms with Crippen LogP contribution >= 0.6 is 24.0 Å². The molecule has 2 aliphatic rings. The summed E-state index contributed by atoms with van der Waals surface area (Å²) in [7, 11) is 0. The maximum Gasteiger partial charge on any atom is 0.267 e. The summed E-state index contributed by atoms with van der Waals surface area (Å²) in [6.07, 6.45) is 4.28. The number of anilines is 1. The van der Waals surface area contributed by atoms with Crippen LogP contribution in [0, 0.1) is 6.92 Å². The lowest BCUT2D eigenvalue weighted by Gasteiger charge is -2.31. The molecule has 4 aromatic rings. The first-order valence-electron chi connectivity index (χ1n) is 12.6. The van der Waals surface area contributed by atoms with Crippen molar-refractivity contribution in [2.45, 2.75) is 32.9 Å². The molecule has 0 saturated carbocycles. The van der Waals surface area contributed by atoms with E-state index in [-0.39, 0.29) is 17.5 Å². The fourth-order valence-electron chi connectivity index (χ4n) is 5.17. The Balaban J connectivity index is 1.46. The van der Waals surface area contributed by atoms with Gasteiger partial charge in [-0.1, -0.05) is 84.6 Å². The van der Waals surface area contributed by atoms with E-state index in [0.717, 1.165) is 24.1 Å². The number of carbonyl (C=O) groups is 1. The third-order valence-electron chi connectivity index (χ3n) is 7.26. The van der Waals surface area contributed by atoms with Gasteiger partial charge in [0.1, 0.15) is 15.8 Å². The molecule has 2 aromatic heterocycles. The molecular weight excluding hydrogens is 512 g/mol. The number of fused-ring (bicyclic) bond motifs is 2. The van der Waals surface area contributed by atoms with E-state index in [9.17, 15) is 9.59 Å². The summed E-state index contributed by atoms with van der Waals surface area (Å²) in [5.41, 5.74) is 5.27. The van der Waals surface area contributed by atoms with Gasteiger partial charge >= 0.3 is 0 Å². The topological polar surface area (TPSA) is 57.9 Å². The van der Waals surface area contributed by atoms with E-state index in [1.54, 1.807) is 21.6 Å².